The van der Waals surface area contributed by atoms with Crippen LogP contribution in [0.3, 0.4) is 0 Å². The molecule has 3 heterocycles. The number of hydrogen-bond donors (Lipinski definition) is 0. The van der Waals surface area contributed by atoms with E-state index in [0.29, 0.717) is 11.6 Å². The fourth-order valence-corrected chi connectivity index (χ4v) is 8.28. The van der Waals surface area contributed by atoms with Gasteiger partial charge < -0.3 is 8.98 Å². The maximum absolute atomic E-state index is 6.60. The van der Waals surface area contributed by atoms with Gasteiger partial charge in [-0.2, -0.15) is 9.97 Å². The van der Waals surface area contributed by atoms with E-state index in [1.54, 1.807) is 0 Å². The van der Waals surface area contributed by atoms with Crippen molar-refractivity contribution in [3.8, 4) is 61.8 Å². The van der Waals surface area contributed by atoms with Crippen LogP contribution in [0.2, 0.25) is 5.28 Å². The van der Waals surface area contributed by atoms with Crippen LogP contribution in [0.5, 0.6) is 0 Å². The Morgan fingerprint density at radius 2 is 0.965 bits per heavy atom. The molecule has 0 fully saturated rings. The van der Waals surface area contributed by atoms with Crippen LogP contribution in [0.1, 0.15) is 0 Å². The second-order valence-corrected chi connectivity index (χ2v) is 14.5. The number of hydrogen-bond acceptors (Lipinski definition) is 4. The molecule has 0 radical (unpaired) electrons. The summed E-state index contributed by atoms with van der Waals surface area (Å²) in [5.74, 6) is 0.996. The van der Waals surface area contributed by atoms with Gasteiger partial charge in [-0.3, -0.25) is 0 Å². The van der Waals surface area contributed by atoms with E-state index < -0.39 is 0 Å². The molecule has 0 atom stereocenters. The first kappa shape index (κ1) is 33.0. The Hall–Kier alpha value is -7.34. The first-order chi connectivity index (χ1) is 28.1. The van der Waals surface area contributed by atoms with E-state index in [0.717, 1.165) is 66.5 Å². The van der Waals surface area contributed by atoms with Crippen LogP contribution in [-0.2, 0) is 0 Å². The Kier molecular flexibility index (Phi) is 7.79. The fraction of sp³-hybridized carbons (Fsp3) is 0. The summed E-state index contributed by atoms with van der Waals surface area (Å²) < 4.78 is 8.79. The van der Waals surface area contributed by atoms with Gasteiger partial charge in [-0.25, -0.2) is 4.98 Å². The monoisotopic (exact) mass is 750 g/mol. The number of benzene rings is 8. The summed E-state index contributed by atoms with van der Waals surface area (Å²) in [4.78, 5) is 14.1. The Morgan fingerprint density at radius 1 is 0.386 bits per heavy atom. The van der Waals surface area contributed by atoms with Crippen LogP contribution >= 0.6 is 11.6 Å². The fourth-order valence-electron chi connectivity index (χ4n) is 8.12. The SMILES string of the molecule is Clc1nc(-c2ccc(-c3ccccc3)cc2)nc(-c2cccc3oc4ccc(-c5ccc6c(c5)c5ccccc5n6-c5cccc(-c6ccccc6)c5)cc4c23)n1. The van der Waals surface area contributed by atoms with Crippen molar-refractivity contribution in [2.24, 2.45) is 0 Å². The molecule has 0 saturated carbocycles. The lowest BCUT2D eigenvalue weighted by atomic mass is 9.99. The minimum atomic E-state index is 0.131. The van der Waals surface area contributed by atoms with E-state index in [1.165, 1.54) is 27.4 Å². The number of aromatic nitrogens is 4. The molecule has 0 unspecified atom stereocenters. The summed E-state index contributed by atoms with van der Waals surface area (Å²) in [6.07, 6.45) is 0. The van der Waals surface area contributed by atoms with Crippen molar-refractivity contribution < 1.29 is 4.42 Å². The molecule has 0 aliphatic heterocycles. The highest BCUT2D eigenvalue weighted by Gasteiger charge is 2.19. The zero-order valence-corrected chi connectivity index (χ0v) is 31.2. The molecule has 5 nitrogen and oxygen atoms in total. The van der Waals surface area contributed by atoms with Crippen molar-refractivity contribution in [3.05, 3.63) is 193 Å². The van der Waals surface area contributed by atoms with Crippen molar-refractivity contribution in [2.45, 2.75) is 0 Å². The van der Waals surface area contributed by atoms with E-state index >= 15 is 0 Å². The van der Waals surface area contributed by atoms with Gasteiger partial charge in [-0.15, -0.1) is 0 Å². The Morgan fingerprint density at radius 3 is 1.77 bits per heavy atom. The Labute approximate surface area is 333 Å². The molecule has 0 amide bonds. The molecule has 0 N–H and O–H groups in total. The zero-order chi connectivity index (χ0) is 37.9. The lowest BCUT2D eigenvalue weighted by Crippen LogP contribution is -1.97. The van der Waals surface area contributed by atoms with Gasteiger partial charge in [-0.1, -0.05) is 140 Å². The third kappa shape index (κ3) is 5.76. The third-order valence-electron chi connectivity index (χ3n) is 10.8. The molecule has 0 aliphatic carbocycles. The molecule has 8 aromatic carbocycles. The van der Waals surface area contributed by atoms with Crippen molar-refractivity contribution in [1.82, 2.24) is 19.5 Å². The standard InChI is InChI=1S/C51H31ClN4O/c52-51-54-49(35-23-21-34(22-24-35)32-11-3-1-4-12-32)53-50(55-51)41-18-10-20-47-48(41)43-31-38(26-28-46(43)57-47)37-25-27-45-42(30-37)40-17-7-8-19-44(40)56(45)39-16-9-15-36(29-39)33-13-5-2-6-14-33/h1-31H. The van der Waals surface area contributed by atoms with Gasteiger partial charge in [-0.05, 0) is 93.5 Å². The summed E-state index contributed by atoms with van der Waals surface area (Å²) in [6.45, 7) is 0. The molecule has 0 aliphatic rings. The quantitative estimate of drug-likeness (QED) is 0.170. The lowest BCUT2D eigenvalue weighted by Gasteiger charge is -2.11. The number of fused-ring (bicyclic) bond motifs is 6. The molecule has 6 heteroatoms. The normalized spacial score (nSPS) is 11.6. The average Bonchev–Trinajstić information content (AvgIpc) is 3.82. The van der Waals surface area contributed by atoms with Gasteiger partial charge in [0.2, 0.25) is 5.28 Å². The predicted molar refractivity (Wildman–Crippen MR) is 234 cm³/mol. The molecule has 0 spiro atoms. The van der Waals surface area contributed by atoms with E-state index in [2.05, 4.69) is 154 Å². The predicted octanol–water partition coefficient (Wildman–Crippen LogP) is 13.9. The van der Waals surface area contributed by atoms with Gasteiger partial charge in [0.25, 0.3) is 0 Å². The molecule has 268 valence electrons. The third-order valence-corrected chi connectivity index (χ3v) is 11.0. The van der Waals surface area contributed by atoms with Crippen LogP contribution in [0.15, 0.2) is 192 Å². The maximum Gasteiger partial charge on any atom is 0.226 e. The topological polar surface area (TPSA) is 56.7 Å². The van der Waals surface area contributed by atoms with Crippen LogP contribution in [0.4, 0.5) is 0 Å². The number of rotatable bonds is 6. The second kappa shape index (κ2) is 13.4. The van der Waals surface area contributed by atoms with Gasteiger partial charge in [0, 0.05) is 38.4 Å². The van der Waals surface area contributed by atoms with Gasteiger partial charge in [0.1, 0.15) is 11.2 Å². The highest BCUT2D eigenvalue weighted by atomic mass is 35.5. The van der Waals surface area contributed by atoms with E-state index in [4.69, 9.17) is 21.0 Å². The molecule has 11 aromatic rings. The second-order valence-electron chi connectivity index (χ2n) is 14.2. The smallest absolute Gasteiger partial charge is 0.226 e. The summed E-state index contributed by atoms with van der Waals surface area (Å²) in [7, 11) is 0. The molecule has 0 bridgehead atoms. The first-order valence-corrected chi connectivity index (χ1v) is 19.2. The number of halogens is 1. The lowest BCUT2D eigenvalue weighted by molar-refractivity contribution is 0.669. The van der Waals surface area contributed by atoms with Crippen molar-refractivity contribution in [1.29, 1.82) is 0 Å². The van der Waals surface area contributed by atoms with E-state index in [9.17, 15) is 0 Å². The molecule has 11 rings (SSSR count). The van der Waals surface area contributed by atoms with E-state index in [-0.39, 0.29) is 5.28 Å². The molecule has 57 heavy (non-hydrogen) atoms. The largest absolute Gasteiger partial charge is 0.456 e. The van der Waals surface area contributed by atoms with Gasteiger partial charge >= 0.3 is 0 Å². The van der Waals surface area contributed by atoms with Crippen molar-refractivity contribution in [2.75, 3.05) is 0 Å². The van der Waals surface area contributed by atoms with Crippen molar-refractivity contribution in [3.63, 3.8) is 0 Å². The highest BCUT2D eigenvalue weighted by molar-refractivity contribution is 6.28. The summed E-state index contributed by atoms with van der Waals surface area (Å²) >= 11 is 6.60. The summed E-state index contributed by atoms with van der Waals surface area (Å²) in [5.41, 5.74) is 13.5. The van der Waals surface area contributed by atoms with Crippen LogP contribution < -0.4 is 0 Å². The maximum atomic E-state index is 6.60. The molecule has 3 aromatic heterocycles. The van der Waals surface area contributed by atoms with Crippen LogP contribution in [0.25, 0.3) is 106 Å². The summed E-state index contributed by atoms with van der Waals surface area (Å²) in [5, 5.41) is 4.43. The Bertz CT molecular complexity index is 3300. The van der Waals surface area contributed by atoms with Crippen molar-refractivity contribution >= 4 is 55.3 Å². The van der Waals surface area contributed by atoms with Crippen LogP contribution in [-0.4, -0.2) is 19.5 Å². The zero-order valence-electron chi connectivity index (χ0n) is 30.5. The minimum Gasteiger partial charge on any atom is -0.456 e. The number of furan rings is 1. The van der Waals surface area contributed by atoms with Gasteiger partial charge in [0.05, 0.1) is 11.0 Å². The van der Waals surface area contributed by atoms with Gasteiger partial charge in [0.15, 0.2) is 11.6 Å². The summed E-state index contributed by atoms with van der Waals surface area (Å²) in [6, 6.07) is 65.5. The minimum absolute atomic E-state index is 0.131. The number of para-hydroxylation sites is 1. The molecular formula is C51H31ClN4O. The first-order valence-electron chi connectivity index (χ1n) is 18.9. The van der Waals surface area contributed by atoms with Crippen LogP contribution in [0, 0.1) is 0 Å². The molecule has 0 saturated heterocycles. The Balaban J connectivity index is 1.01. The highest BCUT2D eigenvalue weighted by Crippen LogP contribution is 2.40. The molecular weight excluding hydrogens is 720 g/mol. The average molecular weight is 751 g/mol. The van der Waals surface area contributed by atoms with E-state index in [1.807, 2.05) is 48.5 Å². The number of nitrogens with zero attached hydrogens (tertiary/aromatic N) is 4.